The second kappa shape index (κ2) is 4.62. The maximum atomic E-state index is 10.7. The zero-order valence-electron chi connectivity index (χ0n) is 10.4. The summed E-state index contributed by atoms with van der Waals surface area (Å²) in [4.78, 5) is 14.7. The number of fused-ring (bicyclic) bond motifs is 1. The second-order valence-electron chi connectivity index (χ2n) is 4.35. The number of nitro groups is 1. The van der Waals surface area contributed by atoms with E-state index in [0.29, 0.717) is 16.6 Å². The fraction of sp³-hybridized carbons (Fsp3) is 0. The number of pyridine rings is 1. The van der Waals surface area contributed by atoms with Crippen LogP contribution in [0.5, 0.6) is 5.75 Å². The predicted molar refractivity (Wildman–Crippen MR) is 75.5 cm³/mol. The van der Waals surface area contributed by atoms with Crippen LogP contribution in [0.15, 0.2) is 54.6 Å². The SMILES string of the molecule is O=[N+]([O-])c1ccc2nc(-c3ccccc3)cc(O)c2c1. The molecule has 3 rings (SSSR count). The van der Waals surface area contributed by atoms with Gasteiger partial charge in [0.1, 0.15) is 5.75 Å². The summed E-state index contributed by atoms with van der Waals surface area (Å²) in [6.07, 6.45) is 0. The molecular weight excluding hydrogens is 256 g/mol. The lowest BCUT2D eigenvalue weighted by Gasteiger charge is -2.05. The van der Waals surface area contributed by atoms with Gasteiger partial charge >= 0.3 is 0 Å². The number of aromatic hydroxyl groups is 1. The Morgan fingerprint density at radius 2 is 1.80 bits per heavy atom. The fourth-order valence-electron chi connectivity index (χ4n) is 2.07. The number of non-ortho nitro benzene ring substituents is 1. The van der Waals surface area contributed by atoms with Gasteiger partial charge in [0.2, 0.25) is 0 Å². The molecule has 0 aliphatic heterocycles. The van der Waals surface area contributed by atoms with Gasteiger partial charge in [-0.15, -0.1) is 0 Å². The van der Waals surface area contributed by atoms with Crippen LogP contribution in [0.1, 0.15) is 0 Å². The molecule has 0 fully saturated rings. The van der Waals surface area contributed by atoms with Gasteiger partial charge in [-0.05, 0) is 6.07 Å². The number of aromatic nitrogens is 1. The Bertz CT molecular complexity index is 801. The van der Waals surface area contributed by atoms with Gasteiger partial charge in [0, 0.05) is 29.1 Å². The van der Waals surface area contributed by atoms with Crippen LogP contribution in [0.25, 0.3) is 22.2 Å². The molecule has 1 N–H and O–H groups in total. The first-order valence-electron chi connectivity index (χ1n) is 5.99. The molecule has 0 spiro atoms. The first-order chi connectivity index (χ1) is 9.65. The van der Waals surface area contributed by atoms with Crippen molar-refractivity contribution in [2.24, 2.45) is 0 Å². The Morgan fingerprint density at radius 1 is 1.05 bits per heavy atom. The Hall–Kier alpha value is -2.95. The molecule has 0 atom stereocenters. The normalized spacial score (nSPS) is 10.6. The van der Waals surface area contributed by atoms with Crippen LogP contribution in [-0.2, 0) is 0 Å². The summed E-state index contributed by atoms with van der Waals surface area (Å²) in [5, 5.41) is 21.2. The van der Waals surface area contributed by atoms with Gasteiger partial charge in [0.05, 0.1) is 16.1 Å². The highest BCUT2D eigenvalue weighted by Crippen LogP contribution is 2.31. The maximum Gasteiger partial charge on any atom is 0.270 e. The highest BCUT2D eigenvalue weighted by atomic mass is 16.6. The van der Waals surface area contributed by atoms with Gasteiger partial charge in [-0.1, -0.05) is 30.3 Å². The summed E-state index contributed by atoms with van der Waals surface area (Å²) in [6.45, 7) is 0. The molecule has 5 heteroatoms. The van der Waals surface area contributed by atoms with E-state index in [1.165, 1.54) is 18.2 Å². The molecule has 0 aliphatic carbocycles. The van der Waals surface area contributed by atoms with Crippen molar-refractivity contribution in [1.82, 2.24) is 4.98 Å². The summed E-state index contributed by atoms with van der Waals surface area (Å²) < 4.78 is 0. The molecule has 98 valence electrons. The third-order valence-electron chi connectivity index (χ3n) is 3.05. The van der Waals surface area contributed by atoms with Crippen LogP contribution in [0.4, 0.5) is 5.69 Å². The van der Waals surface area contributed by atoms with Crippen LogP contribution in [0, 0.1) is 10.1 Å². The second-order valence-corrected chi connectivity index (χ2v) is 4.35. The van der Waals surface area contributed by atoms with E-state index in [4.69, 9.17) is 0 Å². The minimum absolute atomic E-state index is 0.0162. The molecule has 0 bridgehead atoms. The maximum absolute atomic E-state index is 10.7. The fourth-order valence-corrected chi connectivity index (χ4v) is 2.07. The van der Waals surface area contributed by atoms with Gasteiger partial charge < -0.3 is 5.11 Å². The van der Waals surface area contributed by atoms with E-state index >= 15 is 0 Å². The van der Waals surface area contributed by atoms with E-state index in [1.54, 1.807) is 6.07 Å². The molecule has 0 radical (unpaired) electrons. The summed E-state index contributed by atoms with van der Waals surface area (Å²) in [7, 11) is 0. The van der Waals surface area contributed by atoms with Crippen LogP contribution in [-0.4, -0.2) is 15.0 Å². The number of rotatable bonds is 2. The third kappa shape index (κ3) is 2.05. The average Bonchev–Trinajstić information content (AvgIpc) is 2.47. The topological polar surface area (TPSA) is 76.3 Å². The Kier molecular flexibility index (Phi) is 2.80. The molecule has 1 aromatic heterocycles. The molecule has 2 aromatic carbocycles. The van der Waals surface area contributed by atoms with Gasteiger partial charge in [0.25, 0.3) is 5.69 Å². The molecule has 5 nitrogen and oxygen atoms in total. The molecule has 20 heavy (non-hydrogen) atoms. The number of nitro benzene ring substituents is 1. The van der Waals surface area contributed by atoms with E-state index in [2.05, 4.69) is 4.98 Å². The molecule has 0 saturated heterocycles. The smallest absolute Gasteiger partial charge is 0.270 e. The van der Waals surface area contributed by atoms with Crippen molar-refractivity contribution in [1.29, 1.82) is 0 Å². The first kappa shape index (κ1) is 12.1. The van der Waals surface area contributed by atoms with E-state index in [9.17, 15) is 15.2 Å². The Balaban J connectivity index is 2.21. The lowest BCUT2D eigenvalue weighted by Crippen LogP contribution is -1.90. The zero-order chi connectivity index (χ0) is 14.1. The molecule has 0 amide bonds. The lowest BCUT2D eigenvalue weighted by molar-refractivity contribution is -0.384. The molecule has 0 saturated carbocycles. The van der Waals surface area contributed by atoms with Gasteiger partial charge in [0.15, 0.2) is 0 Å². The third-order valence-corrected chi connectivity index (χ3v) is 3.05. The van der Waals surface area contributed by atoms with Crippen LogP contribution >= 0.6 is 0 Å². The van der Waals surface area contributed by atoms with Gasteiger partial charge in [-0.2, -0.15) is 0 Å². The van der Waals surface area contributed by atoms with Crippen molar-refractivity contribution >= 4 is 16.6 Å². The first-order valence-corrected chi connectivity index (χ1v) is 5.99. The molecule has 0 unspecified atom stereocenters. The van der Waals surface area contributed by atoms with Gasteiger partial charge in [-0.25, -0.2) is 4.98 Å². The number of nitrogens with zero attached hydrogens (tertiary/aromatic N) is 2. The number of hydrogen-bond donors (Lipinski definition) is 1. The summed E-state index contributed by atoms with van der Waals surface area (Å²) in [6, 6.07) is 15.2. The van der Waals surface area contributed by atoms with Crippen molar-refractivity contribution in [2.75, 3.05) is 0 Å². The van der Waals surface area contributed by atoms with Gasteiger partial charge in [-0.3, -0.25) is 10.1 Å². The molecule has 1 heterocycles. The van der Waals surface area contributed by atoms with Crippen LogP contribution in [0.3, 0.4) is 0 Å². The highest BCUT2D eigenvalue weighted by molar-refractivity contribution is 5.89. The standard InChI is InChI=1S/C15H10N2O3/c18-15-9-14(10-4-2-1-3-5-10)16-13-7-6-11(17(19)20)8-12(13)15/h1-9H,(H,16,18). The van der Waals surface area contributed by atoms with Crippen LogP contribution < -0.4 is 0 Å². The van der Waals surface area contributed by atoms with E-state index < -0.39 is 4.92 Å². The average molecular weight is 266 g/mol. The number of benzene rings is 2. The van der Waals surface area contributed by atoms with E-state index in [0.717, 1.165) is 5.56 Å². The largest absolute Gasteiger partial charge is 0.507 e. The number of hydrogen-bond acceptors (Lipinski definition) is 4. The van der Waals surface area contributed by atoms with Crippen LogP contribution in [0.2, 0.25) is 0 Å². The Morgan fingerprint density at radius 3 is 2.50 bits per heavy atom. The highest BCUT2D eigenvalue weighted by Gasteiger charge is 2.11. The van der Waals surface area contributed by atoms with E-state index in [1.807, 2.05) is 30.3 Å². The molecule has 3 aromatic rings. The quantitative estimate of drug-likeness (QED) is 0.568. The van der Waals surface area contributed by atoms with Crippen molar-refractivity contribution in [3.05, 3.63) is 64.7 Å². The summed E-state index contributed by atoms with van der Waals surface area (Å²) >= 11 is 0. The lowest BCUT2D eigenvalue weighted by atomic mass is 10.1. The van der Waals surface area contributed by atoms with Crippen molar-refractivity contribution in [3.8, 4) is 17.0 Å². The molecule has 0 aliphatic rings. The minimum Gasteiger partial charge on any atom is -0.507 e. The van der Waals surface area contributed by atoms with Crippen molar-refractivity contribution in [2.45, 2.75) is 0 Å². The Labute approximate surface area is 114 Å². The van der Waals surface area contributed by atoms with Crippen molar-refractivity contribution < 1.29 is 10.0 Å². The summed E-state index contributed by atoms with van der Waals surface area (Å²) in [5.41, 5.74) is 1.96. The van der Waals surface area contributed by atoms with Crippen molar-refractivity contribution in [3.63, 3.8) is 0 Å². The van der Waals surface area contributed by atoms with E-state index in [-0.39, 0.29) is 11.4 Å². The predicted octanol–water partition coefficient (Wildman–Crippen LogP) is 3.52. The molecular formula is C15H10N2O3. The zero-order valence-corrected chi connectivity index (χ0v) is 10.4. The monoisotopic (exact) mass is 266 g/mol. The minimum atomic E-state index is -0.496. The summed E-state index contributed by atoms with van der Waals surface area (Å²) in [5.74, 6) is -0.0162.